The van der Waals surface area contributed by atoms with Crippen molar-refractivity contribution in [2.45, 2.75) is 30.8 Å². The van der Waals surface area contributed by atoms with Gasteiger partial charge >= 0.3 is 0 Å². The number of halogens is 3. The number of phenolic OH excluding ortho intramolecular Hbond substituents is 1. The predicted octanol–water partition coefficient (Wildman–Crippen LogP) is 6.54. The Balaban J connectivity index is 1.49. The Labute approximate surface area is 251 Å². The molecule has 38 heavy (non-hydrogen) atoms. The van der Waals surface area contributed by atoms with Crippen molar-refractivity contribution in [2.24, 2.45) is 5.10 Å². The molecule has 4 rings (SSSR count). The van der Waals surface area contributed by atoms with Crippen LogP contribution in [-0.4, -0.2) is 37.2 Å². The highest BCUT2D eigenvalue weighted by atomic mass is 127. The number of carbonyl (C=O) groups excluding carboxylic acids is 1. The van der Waals surface area contributed by atoms with E-state index in [4.69, 9.17) is 11.6 Å². The molecule has 1 atom stereocenters. The maximum atomic E-state index is 12.8. The van der Waals surface area contributed by atoms with Crippen molar-refractivity contribution in [1.29, 1.82) is 0 Å². The van der Waals surface area contributed by atoms with Gasteiger partial charge in [0, 0.05) is 25.5 Å². The van der Waals surface area contributed by atoms with Crippen molar-refractivity contribution in [3.8, 4) is 11.4 Å². The zero-order chi connectivity index (χ0) is 27.2. The Morgan fingerprint density at radius 1 is 1.24 bits per heavy atom. The van der Waals surface area contributed by atoms with Crippen LogP contribution in [0.2, 0.25) is 5.02 Å². The van der Waals surface area contributed by atoms with Crippen molar-refractivity contribution in [3.63, 3.8) is 0 Å². The third kappa shape index (κ3) is 7.07. The summed E-state index contributed by atoms with van der Waals surface area (Å²) < 4.78 is 3.55. The minimum Gasteiger partial charge on any atom is -0.506 e. The Morgan fingerprint density at radius 3 is 2.74 bits per heavy atom. The van der Waals surface area contributed by atoms with Crippen molar-refractivity contribution in [2.75, 3.05) is 5.32 Å². The van der Waals surface area contributed by atoms with Crippen molar-refractivity contribution in [1.82, 2.24) is 20.2 Å². The summed E-state index contributed by atoms with van der Waals surface area (Å²) in [6, 6.07) is 19.1. The normalized spacial score (nSPS) is 12.0. The molecular formula is C26H23BrClIN6O2S. The maximum Gasteiger partial charge on any atom is 0.253 e. The number of phenols is 1. The standard InChI is InChI=1S/C26H23BrClIN6O2S/c1-15-10-19(29)8-9-22(15)30-14-23-32-34-26(35(23)20-6-4-3-5-7-20)38-16(2)25(37)33-31-13-17-11-18(28)12-21(27)24(17)36/h3-13,16,30,36H,14H2,1-2H3,(H,33,37)/b31-13+. The van der Waals surface area contributed by atoms with Crippen LogP contribution in [0.15, 0.2) is 75.4 Å². The number of hydrazone groups is 1. The number of thioether (sulfide) groups is 1. The van der Waals surface area contributed by atoms with Crippen LogP contribution < -0.4 is 10.7 Å². The molecule has 0 saturated carbocycles. The number of rotatable bonds is 9. The fourth-order valence-corrected chi connectivity index (χ4v) is 5.84. The molecule has 196 valence electrons. The van der Waals surface area contributed by atoms with Crippen molar-refractivity contribution in [3.05, 3.63) is 90.7 Å². The van der Waals surface area contributed by atoms with Crippen molar-refractivity contribution < 1.29 is 9.90 Å². The van der Waals surface area contributed by atoms with Crippen LogP contribution in [0.5, 0.6) is 5.75 Å². The Hall–Kier alpha value is -2.61. The first kappa shape index (κ1) is 28.4. The molecule has 0 aliphatic carbocycles. The summed E-state index contributed by atoms with van der Waals surface area (Å²) in [5.41, 5.74) is 5.93. The molecule has 1 unspecified atom stereocenters. The van der Waals surface area contributed by atoms with Crippen LogP contribution >= 0.6 is 61.9 Å². The number of amides is 1. The number of para-hydroxylation sites is 1. The number of aryl methyl sites for hydroxylation is 1. The Bertz CT molecular complexity index is 1480. The first-order valence-electron chi connectivity index (χ1n) is 11.4. The monoisotopic (exact) mass is 724 g/mol. The van der Waals surface area contributed by atoms with Crippen LogP contribution in [0, 0.1) is 10.5 Å². The number of anilines is 1. The third-order valence-electron chi connectivity index (χ3n) is 5.43. The predicted molar refractivity (Wildman–Crippen MR) is 164 cm³/mol. The van der Waals surface area contributed by atoms with Crippen LogP contribution in [0.25, 0.3) is 5.69 Å². The summed E-state index contributed by atoms with van der Waals surface area (Å²) in [6.07, 6.45) is 1.34. The van der Waals surface area contributed by atoms with E-state index in [1.807, 2.05) is 41.0 Å². The zero-order valence-corrected chi connectivity index (χ0v) is 25.6. The molecule has 8 nitrogen and oxygen atoms in total. The van der Waals surface area contributed by atoms with Gasteiger partial charge in [0.1, 0.15) is 5.75 Å². The highest BCUT2D eigenvalue weighted by molar-refractivity contribution is 14.1. The molecule has 1 amide bonds. The molecule has 0 aliphatic rings. The molecule has 3 aromatic carbocycles. The zero-order valence-electron chi connectivity index (χ0n) is 20.3. The van der Waals surface area contributed by atoms with E-state index in [0.29, 0.717) is 32.6 Å². The molecule has 0 saturated heterocycles. The minimum atomic E-state index is -0.530. The first-order chi connectivity index (χ1) is 18.2. The third-order valence-corrected chi connectivity index (χ3v) is 7.96. The first-order valence-corrected chi connectivity index (χ1v) is 14.5. The molecule has 0 bridgehead atoms. The minimum absolute atomic E-state index is 0.0210. The summed E-state index contributed by atoms with van der Waals surface area (Å²) in [5.74, 6) is 0.361. The topological polar surface area (TPSA) is 104 Å². The molecule has 12 heteroatoms. The van der Waals surface area contributed by atoms with E-state index in [2.05, 4.69) is 83.6 Å². The van der Waals surface area contributed by atoms with Crippen LogP contribution in [0.3, 0.4) is 0 Å². The average Bonchev–Trinajstić information content (AvgIpc) is 3.28. The van der Waals surface area contributed by atoms with Gasteiger partial charge in [-0.3, -0.25) is 9.36 Å². The fraction of sp³-hybridized carbons (Fsp3) is 0.154. The SMILES string of the molecule is Cc1cc(I)ccc1NCc1nnc(SC(C)C(=O)N/N=C/c2cc(Cl)cc(Br)c2O)n1-c1ccccc1. The van der Waals surface area contributed by atoms with Gasteiger partial charge in [0.2, 0.25) is 0 Å². The van der Waals surface area contributed by atoms with E-state index >= 15 is 0 Å². The molecule has 4 aromatic rings. The Kier molecular flexibility index (Phi) is 9.69. The number of benzene rings is 3. The lowest BCUT2D eigenvalue weighted by atomic mass is 10.2. The molecule has 0 radical (unpaired) electrons. The molecule has 0 spiro atoms. The quantitative estimate of drug-likeness (QED) is 0.0784. The second-order valence-corrected chi connectivity index (χ2v) is 12.0. The summed E-state index contributed by atoms with van der Waals surface area (Å²) in [7, 11) is 0. The van der Waals surface area contributed by atoms with E-state index in [9.17, 15) is 9.90 Å². The van der Waals surface area contributed by atoms with E-state index in [1.54, 1.807) is 19.1 Å². The lowest BCUT2D eigenvalue weighted by Gasteiger charge is -2.14. The van der Waals surface area contributed by atoms with Crippen LogP contribution in [-0.2, 0) is 11.3 Å². The molecule has 1 aromatic heterocycles. The highest BCUT2D eigenvalue weighted by Gasteiger charge is 2.21. The van der Waals surface area contributed by atoms with Gasteiger partial charge in [-0.25, -0.2) is 5.43 Å². The smallest absolute Gasteiger partial charge is 0.253 e. The molecular weight excluding hydrogens is 703 g/mol. The number of aromatic nitrogens is 3. The van der Waals surface area contributed by atoms with Crippen molar-refractivity contribution >= 4 is 79.7 Å². The lowest BCUT2D eigenvalue weighted by Crippen LogP contribution is -2.27. The fourth-order valence-electron chi connectivity index (χ4n) is 3.48. The second-order valence-electron chi connectivity index (χ2n) is 8.20. The number of nitrogens with one attached hydrogen (secondary N) is 2. The van der Waals surface area contributed by atoms with E-state index in [-0.39, 0.29) is 11.7 Å². The van der Waals surface area contributed by atoms with Gasteiger partial charge in [-0.1, -0.05) is 41.6 Å². The van der Waals surface area contributed by atoms with Crippen LogP contribution in [0.1, 0.15) is 23.9 Å². The number of nitrogens with zero attached hydrogens (tertiary/aromatic N) is 4. The molecule has 0 fully saturated rings. The summed E-state index contributed by atoms with van der Waals surface area (Å²) in [5, 5.41) is 26.8. The van der Waals surface area contributed by atoms with Gasteiger partial charge in [0.15, 0.2) is 11.0 Å². The molecule has 1 heterocycles. The maximum absolute atomic E-state index is 12.8. The van der Waals surface area contributed by atoms with Gasteiger partial charge in [-0.05, 0) is 100 Å². The van der Waals surface area contributed by atoms with E-state index in [0.717, 1.165) is 16.9 Å². The van der Waals surface area contributed by atoms with Gasteiger partial charge in [-0.2, -0.15) is 5.10 Å². The Morgan fingerprint density at radius 2 is 2.00 bits per heavy atom. The van der Waals surface area contributed by atoms with Gasteiger partial charge in [0.25, 0.3) is 5.91 Å². The average molecular weight is 726 g/mol. The lowest BCUT2D eigenvalue weighted by molar-refractivity contribution is -0.120. The summed E-state index contributed by atoms with van der Waals surface area (Å²) >= 11 is 12.8. The number of hydrogen-bond donors (Lipinski definition) is 3. The number of carbonyl (C=O) groups is 1. The second kappa shape index (κ2) is 13.0. The van der Waals surface area contributed by atoms with Crippen LogP contribution in [0.4, 0.5) is 5.69 Å². The number of hydrogen-bond acceptors (Lipinski definition) is 7. The van der Waals surface area contributed by atoms with E-state index in [1.165, 1.54) is 21.5 Å². The van der Waals surface area contributed by atoms with E-state index < -0.39 is 5.25 Å². The molecule has 3 N–H and O–H groups in total. The van der Waals surface area contributed by atoms with Gasteiger partial charge in [0.05, 0.1) is 22.5 Å². The number of aromatic hydroxyl groups is 1. The largest absolute Gasteiger partial charge is 0.506 e. The summed E-state index contributed by atoms with van der Waals surface area (Å²) in [4.78, 5) is 12.8. The van der Waals surface area contributed by atoms with Gasteiger partial charge < -0.3 is 10.4 Å². The van der Waals surface area contributed by atoms with Gasteiger partial charge in [-0.15, -0.1) is 10.2 Å². The summed E-state index contributed by atoms with van der Waals surface area (Å²) in [6.45, 7) is 4.27. The molecule has 0 aliphatic heterocycles. The highest BCUT2D eigenvalue weighted by Crippen LogP contribution is 2.30.